The van der Waals surface area contributed by atoms with Gasteiger partial charge in [0.25, 0.3) is 0 Å². The van der Waals surface area contributed by atoms with E-state index in [2.05, 4.69) is 67.8 Å². The Balaban J connectivity index is 1.33. The van der Waals surface area contributed by atoms with Gasteiger partial charge in [-0.3, -0.25) is 0 Å². The fourth-order valence-electron chi connectivity index (χ4n) is 4.63. The molecule has 0 bridgehead atoms. The minimum Gasteiger partial charge on any atom is -0.547 e. The third-order valence-electron chi connectivity index (χ3n) is 6.78. The number of rotatable bonds is 6. The Morgan fingerprint density at radius 2 is 0.651 bits per heavy atom. The lowest BCUT2D eigenvalue weighted by Crippen LogP contribution is -2.35. The summed E-state index contributed by atoms with van der Waals surface area (Å²) in [5, 5.41) is 5.43. The highest BCUT2D eigenvalue weighted by molar-refractivity contribution is 14.1. The number of carbonyl (C=O) groups excluding carboxylic acids is 3. The zero-order valence-electron chi connectivity index (χ0n) is 22.1. The van der Waals surface area contributed by atoms with Crippen LogP contribution in [-0.4, -0.2) is 33.1 Å². The Kier molecular flexibility index (Phi) is 9.20. The van der Waals surface area contributed by atoms with Crippen LogP contribution in [0, 0.1) is 10.7 Å². The van der Waals surface area contributed by atoms with Crippen molar-refractivity contribution in [2.75, 3.05) is 0 Å². The Bertz CT molecular complexity index is 1840. The number of hydrogen-bond acceptors (Lipinski definition) is 6. The summed E-state index contributed by atoms with van der Waals surface area (Å²) in [7, 11) is 0. The molecule has 6 aromatic rings. The van der Waals surface area contributed by atoms with E-state index in [1.165, 1.54) is 0 Å². The van der Waals surface area contributed by atoms with E-state index in [0.717, 1.165) is 32.3 Å². The van der Waals surface area contributed by atoms with Gasteiger partial charge >= 0.3 is 33.1 Å². The predicted molar refractivity (Wildman–Crippen MR) is 192 cm³/mol. The van der Waals surface area contributed by atoms with Gasteiger partial charge in [-0.1, -0.05) is 72.8 Å². The van der Waals surface area contributed by atoms with E-state index in [0.29, 0.717) is 10.7 Å². The van der Waals surface area contributed by atoms with Crippen molar-refractivity contribution < 1.29 is 25.7 Å². The summed E-state index contributed by atoms with van der Waals surface area (Å²) in [6.45, 7) is 0. The van der Waals surface area contributed by atoms with Gasteiger partial charge in [-0.05, 0) is 136 Å². The molecule has 210 valence electrons. The highest BCUT2D eigenvalue weighted by atomic mass is 127. The van der Waals surface area contributed by atoms with Crippen molar-refractivity contribution in [2.45, 2.75) is 0 Å². The molecule has 0 saturated heterocycles. The molecule has 0 aliphatic rings. The summed E-state index contributed by atoms with van der Waals surface area (Å²) in [6.07, 6.45) is 0. The molecule has 0 spiro atoms. The Hall–Kier alpha value is -2.77. The molecule has 0 N–H and O–H groups in total. The minimum atomic E-state index is -3.72. The van der Waals surface area contributed by atoms with E-state index < -0.39 is 33.1 Å². The van der Waals surface area contributed by atoms with Crippen LogP contribution >= 0.6 is 67.8 Å². The molecule has 0 aliphatic carbocycles. The highest BCUT2D eigenvalue weighted by Crippen LogP contribution is 2.26. The summed E-state index contributed by atoms with van der Waals surface area (Å²) in [4.78, 5) is 40.4. The fraction of sp³-hybridized carbons (Fsp3) is 0. The first-order chi connectivity index (χ1) is 20.8. The van der Waals surface area contributed by atoms with Crippen molar-refractivity contribution in [2.24, 2.45) is 0 Å². The molecule has 0 saturated carbocycles. The molecule has 0 heterocycles. The number of carbonyl (C=O) groups is 3. The zero-order valence-corrected chi connectivity index (χ0v) is 29.7. The molecule has 6 nitrogen and oxygen atoms in total. The molecule has 6 aromatic carbocycles. The third kappa shape index (κ3) is 6.68. The molecular formula is C33H18AlI3O6. The fourth-order valence-corrected chi connectivity index (χ4v) is 7.82. The molecule has 0 aromatic heterocycles. The van der Waals surface area contributed by atoms with E-state index in [1.807, 2.05) is 91.0 Å². The van der Waals surface area contributed by atoms with E-state index in [9.17, 15) is 14.4 Å². The van der Waals surface area contributed by atoms with Crippen molar-refractivity contribution in [3.8, 4) is 0 Å². The smallest absolute Gasteiger partial charge is 0.547 e. The highest BCUT2D eigenvalue weighted by Gasteiger charge is 2.50. The van der Waals surface area contributed by atoms with Crippen LogP contribution in [0.15, 0.2) is 109 Å². The Morgan fingerprint density at radius 1 is 0.419 bits per heavy atom. The van der Waals surface area contributed by atoms with Gasteiger partial charge in [-0.15, -0.1) is 0 Å². The monoisotopic (exact) mass is 918 g/mol. The van der Waals surface area contributed by atoms with Gasteiger partial charge in [0, 0.05) is 10.7 Å². The van der Waals surface area contributed by atoms with Gasteiger partial charge in [-0.25, -0.2) is 14.4 Å². The first-order valence-corrected chi connectivity index (χ1v) is 17.6. The molecule has 43 heavy (non-hydrogen) atoms. The second-order valence-corrected chi connectivity index (χ2v) is 14.3. The summed E-state index contributed by atoms with van der Waals surface area (Å²) in [5.74, 6) is -2.23. The molecular weight excluding hydrogens is 900 g/mol. The van der Waals surface area contributed by atoms with Crippen molar-refractivity contribution >= 4 is 133 Å². The molecule has 0 radical (unpaired) electrons. The summed E-state index contributed by atoms with van der Waals surface area (Å²) < 4.78 is 19.1. The van der Waals surface area contributed by atoms with E-state index in [4.69, 9.17) is 11.4 Å². The summed E-state index contributed by atoms with van der Waals surface area (Å²) >= 11 is 2.46. The van der Waals surface area contributed by atoms with Crippen LogP contribution in [0.2, 0.25) is 0 Å². The van der Waals surface area contributed by atoms with Crippen molar-refractivity contribution in [3.05, 3.63) is 137 Å². The number of benzene rings is 6. The number of halogens is 3. The second-order valence-electron chi connectivity index (χ2n) is 9.54. The van der Waals surface area contributed by atoms with Crippen molar-refractivity contribution in [1.82, 2.24) is 0 Å². The van der Waals surface area contributed by atoms with E-state index in [1.54, 1.807) is 18.2 Å². The summed E-state index contributed by atoms with van der Waals surface area (Å²) in [5.41, 5.74) is 0.846. The minimum absolute atomic E-state index is 0.282. The molecule has 0 unspecified atom stereocenters. The largest absolute Gasteiger partial charge is 1.20 e. The van der Waals surface area contributed by atoms with Gasteiger partial charge in [0.1, 0.15) is 0 Å². The van der Waals surface area contributed by atoms with Gasteiger partial charge in [-0.2, -0.15) is 0 Å². The normalized spacial score (nSPS) is 11.0. The lowest BCUT2D eigenvalue weighted by Gasteiger charge is -2.16. The predicted octanol–water partition coefficient (Wildman–Crippen LogP) is 8.82. The van der Waals surface area contributed by atoms with Crippen LogP contribution in [0.3, 0.4) is 0 Å². The first-order valence-electron chi connectivity index (χ1n) is 12.9. The van der Waals surface area contributed by atoms with Crippen molar-refractivity contribution in [1.29, 1.82) is 0 Å². The molecule has 0 amide bonds. The number of hydrogen-bond donors (Lipinski definition) is 0. The molecule has 0 fully saturated rings. The van der Waals surface area contributed by atoms with Crippen molar-refractivity contribution in [3.63, 3.8) is 0 Å². The SMILES string of the molecule is O=C([O][Al]([O]C(=O)c1cc2ccccc2cc1I)[O]C(=O)c1cc2ccccc2cc1I)c1cc2ccccc2cc1I. The lowest BCUT2D eigenvalue weighted by atomic mass is 10.1. The average Bonchev–Trinajstić information content (AvgIpc) is 2.99. The number of fused-ring (bicyclic) bond motifs is 3. The zero-order chi connectivity index (χ0) is 30.1. The van der Waals surface area contributed by atoms with Crippen LogP contribution < -0.4 is 0 Å². The van der Waals surface area contributed by atoms with E-state index >= 15 is 0 Å². The van der Waals surface area contributed by atoms with Crippen LogP contribution in [0.25, 0.3) is 32.3 Å². The maximum Gasteiger partial charge on any atom is 1.20 e. The van der Waals surface area contributed by atoms with E-state index in [-0.39, 0.29) is 16.7 Å². The average molecular weight is 918 g/mol. The van der Waals surface area contributed by atoms with Crippen LogP contribution in [-0.2, 0) is 11.4 Å². The van der Waals surface area contributed by atoms with Crippen LogP contribution in [0.4, 0.5) is 0 Å². The first kappa shape index (κ1) is 30.3. The van der Waals surface area contributed by atoms with Gasteiger partial charge in [0.05, 0.1) is 16.7 Å². The Morgan fingerprint density at radius 3 is 0.907 bits per heavy atom. The second kappa shape index (κ2) is 13.1. The molecule has 10 heteroatoms. The molecule has 0 atom stereocenters. The van der Waals surface area contributed by atoms with Crippen LogP contribution in [0.1, 0.15) is 31.1 Å². The van der Waals surface area contributed by atoms with Gasteiger partial charge in [0.2, 0.25) is 0 Å². The topological polar surface area (TPSA) is 78.9 Å². The lowest BCUT2D eigenvalue weighted by molar-refractivity contribution is 0.0409. The Labute approximate surface area is 292 Å². The van der Waals surface area contributed by atoms with Crippen LogP contribution in [0.5, 0.6) is 0 Å². The maximum atomic E-state index is 13.5. The standard InChI is InChI=1S/3C11H7IO2.Al/c3*12-10-6-8-4-2-1-3-7(8)5-9(10)11(13)14;/h3*1-6H,(H,13,14);/q;;;+3/p-3. The van der Waals surface area contributed by atoms with Gasteiger partial charge in [0.15, 0.2) is 0 Å². The molecule has 6 rings (SSSR count). The van der Waals surface area contributed by atoms with Gasteiger partial charge < -0.3 is 11.4 Å². The third-order valence-corrected chi connectivity index (χ3v) is 10.7. The molecule has 0 aliphatic heterocycles. The quantitative estimate of drug-likeness (QED) is 0.123. The maximum absolute atomic E-state index is 13.5. The summed E-state index contributed by atoms with van der Waals surface area (Å²) in [6, 6.07) is 33.7.